The van der Waals surface area contributed by atoms with Crippen LogP contribution in [-0.4, -0.2) is 23.9 Å². The monoisotopic (exact) mass is 277 g/mol. The van der Waals surface area contributed by atoms with Crippen molar-refractivity contribution in [2.24, 2.45) is 5.92 Å². The van der Waals surface area contributed by atoms with Crippen LogP contribution >= 0.6 is 0 Å². The Kier molecular flexibility index (Phi) is 4.68. The molecule has 2 N–H and O–H groups in total. The molecule has 0 spiro atoms. The third kappa shape index (κ3) is 4.03. The van der Waals surface area contributed by atoms with Crippen LogP contribution in [0.5, 0.6) is 0 Å². The molecule has 0 aliphatic heterocycles. The van der Waals surface area contributed by atoms with Crippen LogP contribution in [0.2, 0.25) is 0 Å². The van der Waals surface area contributed by atoms with Crippen LogP contribution in [0.1, 0.15) is 24.0 Å². The van der Waals surface area contributed by atoms with E-state index in [2.05, 4.69) is 10.6 Å². The fraction of sp³-hybridized carbons (Fsp3) is 0.500. The number of rotatable bonds is 7. The fourth-order valence-corrected chi connectivity index (χ4v) is 2.03. The van der Waals surface area contributed by atoms with E-state index in [9.17, 15) is 14.9 Å². The van der Waals surface area contributed by atoms with Crippen molar-refractivity contribution < 1.29 is 9.72 Å². The minimum atomic E-state index is -0.405. The Morgan fingerprint density at radius 3 is 2.85 bits per heavy atom. The lowest BCUT2D eigenvalue weighted by Crippen LogP contribution is -2.34. The zero-order valence-corrected chi connectivity index (χ0v) is 11.5. The maximum Gasteiger partial charge on any atom is 0.272 e. The van der Waals surface area contributed by atoms with Gasteiger partial charge in [-0.05, 0) is 37.8 Å². The number of nitro benzene ring substituents is 1. The van der Waals surface area contributed by atoms with Crippen molar-refractivity contribution in [3.63, 3.8) is 0 Å². The molecule has 6 nitrogen and oxygen atoms in total. The van der Waals surface area contributed by atoms with Crippen LogP contribution in [0.15, 0.2) is 18.2 Å². The highest BCUT2D eigenvalue weighted by Gasteiger charge is 2.20. The number of nitrogens with one attached hydrogen (secondary N) is 2. The van der Waals surface area contributed by atoms with Gasteiger partial charge in [0.15, 0.2) is 0 Å². The van der Waals surface area contributed by atoms with Crippen molar-refractivity contribution in [1.82, 2.24) is 10.6 Å². The molecule has 0 unspecified atom stereocenters. The van der Waals surface area contributed by atoms with Crippen molar-refractivity contribution >= 4 is 11.6 Å². The highest BCUT2D eigenvalue weighted by Crippen LogP contribution is 2.27. The normalized spacial score (nSPS) is 14.1. The van der Waals surface area contributed by atoms with Gasteiger partial charge in [-0.2, -0.15) is 0 Å². The fourth-order valence-electron chi connectivity index (χ4n) is 2.03. The molecule has 0 radical (unpaired) electrons. The highest BCUT2D eigenvalue weighted by molar-refractivity contribution is 5.78. The third-order valence-corrected chi connectivity index (χ3v) is 3.51. The molecule has 6 heteroatoms. The lowest BCUT2D eigenvalue weighted by molar-refractivity contribution is -0.385. The van der Waals surface area contributed by atoms with E-state index >= 15 is 0 Å². The molecule has 2 rings (SSSR count). The summed E-state index contributed by atoms with van der Waals surface area (Å²) in [6.07, 6.45) is 2.50. The van der Waals surface area contributed by atoms with Crippen molar-refractivity contribution in [3.8, 4) is 0 Å². The molecule has 0 aromatic heterocycles. The summed E-state index contributed by atoms with van der Waals surface area (Å²) in [7, 11) is 0. The maximum atomic E-state index is 11.6. The number of nitrogens with zero attached hydrogens (tertiary/aromatic N) is 1. The predicted molar refractivity (Wildman–Crippen MR) is 75.3 cm³/mol. The average Bonchev–Trinajstić information content (AvgIpc) is 3.21. The number of hydrogen-bond acceptors (Lipinski definition) is 4. The zero-order chi connectivity index (χ0) is 14.5. The van der Waals surface area contributed by atoms with Crippen LogP contribution in [-0.2, 0) is 11.3 Å². The van der Waals surface area contributed by atoms with Crippen molar-refractivity contribution in [2.75, 3.05) is 13.1 Å². The van der Waals surface area contributed by atoms with Crippen LogP contribution in [0.25, 0.3) is 0 Å². The summed E-state index contributed by atoms with van der Waals surface area (Å²) in [6, 6.07) is 4.90. The number of carbonyl (C=O) groups excluding carboxylic acids is 1. The van der Waals surface area contributed by atoms with Gasteiger partial charge in [0.1, 0.15) is 0 Å². The molecule has 1 aliphatic rings. The summed E-state index contributed by atoms with van der Waals surface area (Å²) < 4.78 is 0. The van der Waals surface area contributed by atoms with E-state index in [0.29, 0.717) is 18.7 Å². The summed E-state index contributed by atoms with van der Waals surface area (Å²) >= 11 is 0. The van der Waals surface area contributed by atoms with Gasteiger partial charge in [-0.25, -0.2) is 0 Å². The quantitative estimate of drug-likeness (QED) is 0.584. The summed E-state index contributed by atoms with van der Waals surface area (Å²) in [5, 5.41) is 16.7. The van der Waals surface area contributed by atoms with Crippen molar-refractivity contribution in [2.45, 2.75) is 26.3 Å². The maximum absolute atomic E-state index is 11.6. The third-order valence-electron chi connectivity index (χ3n) is 3.51. The second-order valence-corrected chi connectivity index (χ2v) is 5.17. The van der Waals surface area contributed by atoms with Crippen LogP contribution in [0.4, 0.5) is 5.69 Å². The molecule has 1 saturated carbocycles. The highest BCUT2D eigenvalue weighted by atomic mass is 16.6. The molecular weight excluding hydrogens is 258 g/mol. The van der Waals surface area contributed by atoms with Gasteiger partial charge >= 0.3 is 0 Å². The first-order valence-corrected chi connectivity index (χ1v) is 6.78. The summed E-state index contributed by atoms with van der Waals surface area (Å²) in [6.45, 7) is 3.20. The SMILES string of the molecule is Cc1c(CNC(=O)CNCC2CC2)cccc1[N+](=O)[O-]. The zero-order valence-electron chi connectivity index (χ0n) is 11.5. The second-order valence-electron chi connectivity index (χ2n) is 5.17. The van der Waals surface area contributed by atoms with E-state index < -0.39 is 4.92 Å². The summed E-state index contributed by atoms with van der Waals surface area (Å²) in [4.78, 5) is 22.1. The van der Waals surface area contributed by atoms with Gasteiger partial charge in [-0.1, -0.05) is 12.1 Å². The van der Waals surface area contributed by atoms with Gasteiger partial charge in [0.05, 0.1) is 11.5 Å². The van der Waals surface area contributed by atoms with Crippen molar-refractivity contribution in [3.05, 3.63) is 39.4 Å². The Morgan fingerprint density at radius 2 is 2.20 bits per heavy atom. The average molecular weight is 277 g/mol. The van der Waals surface area contributed by atoms with Crippen LogP contribution < -0.4 is 10.6 Å². The Morgan fingerprint density at radius 1 is 1.45 bits per heavy atom. The van der Waals surface area contributed by atoms with E-state index in [1.807, 2.05) is 0 Å². The Labute approximate surface area is 117 Å². The lowest BCUT2D eigenvalue weighted by atomic mass is 10.1. The predicted octanol–water partition coefficient (Wildman–Crippen LogP) is 1.52. The second kappa shape index (κ2) is 6.47. The van der Waals surface area contributed by atoms with Gasteiger partial charge in [-0.3, -0.25) is 14.9 Å². The molecule has 0 atom stereocenters. The first-order chi connectivity index (χ1) is 9.58. The number of carbonyl (C=O) groups is 1. The minimum absolute atomic E-state index is 0.0865. The van der Waals surface area contributed by atoms with E-state index in [-0.39, 0.29) is 11.6 Å². The molecule has 1 aliphatic carbocycles. The Balaban J connectivity index is 1.81. The molecular formula is C14H19N3O3. The number of hydrogen-bond donors (Lipinski definition) is 2. The van der Waals surface area contributed by atoms with Gasteiger partial charge in [0.25, 0.3) is 5.69 Å². The molecule has 108 valence electrons. The smallest absolute Gasteiger partial charge is 0.272 e. The topological polar surface area (TPSA) is 84.3 Å². The van der Waals surface area contributed by atoms with E-state index in [1.54, 1.807) is 19.1 Å². The number of amides is 1. The van der Waals surface area contributed by atoms with Crippen LogP contribution in [0.3, 0.4) is 0 Å². The molecule has 0 saturated heterocycles. The molecule has 1 fully saturated rings. The van der Waals surface area contributed by atoms with Crippen molar-refractivity contribution in [1.29, 1.82) is 0 Å². The van der Waals surface area contributed by atoms with Crippen LogP contribution in [0, 0.1) is 23.0 Å². The largest absolute Gasteiger partial charge is 0.351 e. The number of nitro groups is 1. The Hall–Kier alpha value is -1.95. The van der Waals surface area contributed by atoms with E-state index in [1.165, 1.54) is 18.9 Å². The Bertz CT molecular complexity index is 512. The number of benzene rings is 1. The molecule has 0 bridgehead atoms. The lowest BCUT2D eigenvalue weighted by Gasteiger charge is -2.09. The standard InChI is InChI=1S/C14H19N3O3/c1-10-12(3-2-4-13(10)17(19)20)8-16-14(18)9-15-7-11-5-6-11/h2-4,11,15H,5-9H2,1H3,(H,16,18). The minimum Gasteiger partial charge on any atom is -0.351 e. The van der Waals surface area contributed by atoms with E-state index in [4.69, 9.17) is 0 Å². The van der Waals surface area contributed by atoms with Gasteiger partial charge in [0, 0.05) is 18.2 Å². The van der Waals surface area contributed by atoms with Gasteiger partial charge in [-0.15, -0.1) is 0 Å². The molecule has 1 aromatic carbocycles. The molecule has 20 heavy (non-hydrogen) atoms. The molecule has 0 heterocycles. The van der Waals surface area contributed by atoms with Gasteiger partial charge < -0.3 is 10.6 Å². The first-order valence-electron chi connectivity index (χ1n) is 6.78. The molecule has 1 aromatic rings. The molecule has 1 amide bonds. The first kappa shape index (κ1) is 14.5. The summed E-state index contributed by atoms with van der Waals surface area (Å²) in [5.74, 6) is 0.651. The van der Waals surface area contributed by atoms with Gasteiger partial charge in [0.2, 0.25) is 5.91 Å². The van der Waals surface area contributed by atoms with E-state index in [0.717, 1.165) is 18.0 Å². The summed E-state index contributed by atoms with van der Waals surface area (Å²) in [5.41, 5.74) is 1.46.